The average molecular weight is 369 g/mol. The number of tetrazole rings is 1. The van der Waals surface area contributed by atoms with Crippen LogP contribution in [-0.2, 0) is 6.54 Å². The van der Waals surface area contributed by atoms with Gasteiger partial charge in [0.25, 0.3) is 0 Å². The Kier molecular flexibility index (Phi) is 4.71. The number of thioether (sulfide) groups is 1. The maximum Gasteiger partial charge on any atom is 0.230 e. The molecule has 12 heteroatoms. The van der Waals surface area contributed by atoms with E-state index in [2.05, 4.69) is 30.7 Å². The second-order valence-electron chi connectivity index (χ2n) is 4.46. The zero-order valence-electron chi connectivity index (χ0n) is 12.2. The topological polar surface area (TPSA) is 121 Å². The molecule has 2 N–H and O–H groups in total. The number of rotatable bonds is 5. The molecule has 0 aliphatic heterocycles. The van der Waals surface area contributed by atoms with E-state index in [-0.39, 0.29) is 23.1 Å². The van der Waals surface area contributed by atoms with Gasteiger partial charge < -0.3 is 5.73 Å². The molecule has 0 unspecified atom stereocenters. The number of nitrogens with two attached hydrogens (primary N) is 1. The monoisotopic (exact) mass is 368 g/mol. The molecule has 0 fully saturated rings. The summed E-state index contributed by atoms with van der Waals surface area (Å²) >= 11 is 7.08. The molecule has 0 atom stereocenters. The van der Waals surface area contributed by atoms with Crippen LogP contribution in [0, 0.1) is 5.82 Å². The quantitative estimate of drug-likeness (QED) is 0.410. The molecule has 0 saturated carbocycles. The van der Waals surface area contributed by atoms with Crippen molar-refractivity contribution in [3.63, 3.8) is 0 Å². The summed E-state index contributed by atoms with van der Waals surface area (Å²) in [5.74, 6) is -0.501. The molecule has 2 heterocycles. The van der Waals surface area contributed by atoms with Gasteiger partial charge in [0.2, 0.25) is 5.16 Å². The lowest BCUT2D eigenvalue weighted by Gasteiger charge is -2.00. The molecule has 0 bridgehead atoms. The largest absolute Gasteiger partial charge is 0.382 e. The summed E-state index contributed by atoms with van der Waals surface area (Å²) in [7, 11) is 0. The molecule has 1 aromatic carbocycles. The van der Waals surface area contributed by atoms with Crippen LogP contribution in [0.5, 0.6) is 0 Å². The Morgan fingerprint density at radius 3 is 3.00 bits per heavy atom. The first-order chi connectivity index (χ1) is 11.6. The van der Waals surface area contributed by atoms with Gasteiger partial charge in [-0.1, -0.05) is 28.5 Å². The molecule has 0 saturated heterocycles. The minimum absolute atomic E-state index is 0.0409. The van der Waals surface area contributed by atoms with Crippen LogP contribution in [0.15, 0.2) is 33.0 Å². The first-order valence-corrected chi connectivity index (χ1v) is 8.10. The van der Waals surface area contributed by atoms with Crippen molar-refractivity contribution >= 4 is 34.9 Å². The van der Waals surface area contributed by atoms with Gasteiger partial charge in [0.1, 0.15) is 18.1 Å². The number of hydrogen-bond donors (Lipinski definition) is 1. The molecule has 0 spiro atoms. The summed E-state index contributed by atoms with van der Waals surface area (Å²) in [6, 6.07) is 3.98. The van der Waals surface area contributed by atoms with E-state index in [1.54, 1.807) is 0 Å². The number of halogens is 2. The maximum absolute atomic E-state index is 13.2. The summed E-state index contributed by atoms with van der Waals surface area (Å²) in [6.07, 6.45) is 1.84. The van der Waals surface area contributed by atoms with Crippen LogP contribution in [0.25, 0.3) is 0 Å². The molecule has 124 valence electrons. The van der Waals surface area contributed by atoms with Crippen molar-refractivity contribution in [2.45, 2.75) is 11.7 Å². The SMILES string of the molecule is CSc1nnn(Cc2nonc2C(N)=Nc2ccc(F)c(Cl)c2)n1. The van der Waals surface area contributed by atoms with E-state index in [0.29, 0.717) is 16.5 Å². The molecule has 3 rings (SSSR count). The third-order valence-electron chi connectivity index (χ3n) is 2.86. The first-order valence-electron chi connectivity index (χ1n) is 6.49. The van der Waals surface area contributed by atoms with Crippen molar-refractivity contribution in [1.82, 2.24) is 30.5 Å². The number of amidine groups is 1. The Labute approximate surface area is 144 Å². The molecule has 2 aromatic heterocycles. The van der Waals surface area contributed by atoms with E-state index in [1.807, 2.05) is 6.26 Å². The van der Waals surface area contributed by atoms with Gasteiger partial charge in [0, 0.05) is 0 Å². The molecule has 0 amide bonds. The van der Waals surface area contributed by atoms with E-state index in [4.69, 9.17) is 22.0 Å². The predicted octanol–water partition coefficient (Wildman–Crippen LogP) is 1.66. The fraction of sp³-hybridized carbons (Fsp3) is 0.167. The second kappa shape index (κ2) is 6.93. The molecule has 9 nitrogen and oxygen atoms in total. The first kappa shape index (κ1) is 16.3. The van der Waals surface area contributed by atoms with Gasteiger partial charge in [-0.3, -0.25) is 0 Å². The summed E-state index contributed by atoms with van der Waals surface area (Å²) in [6.45, 7) is 0.160. The standard InChI is InChI=1S/C12H10ClFN8OS/c1-24-12-17-21-22(18-12)5-9-10(20-23-19-9)11(15)16-6-2-3-8(14)7(13)4-6/h2-4H,5H2,1H3,(H2,15,16). The normalized spacial score (nSPS) is 11.9. The number of benzene rings is 1. The van der Waals surface area contributed by atoms with Gasteiger partial charge in [-0.2, -0.15) is 4.80 Å². The molecular weight excluding hydrogens is 359 g/mol. The van der Waals surface area contributed by atoms with Crippen LogP contribution >= 0.6 is 23.4 Å². The Bertz CT molecular complexity index is 895. The number of aromatic nitrogens is 6. The van der Waals surface area contributed by atoms with Gasteiger partial charge in [0.15, 0.2) is 11.5 Å². The van der Waals surface area contributed by atoms with E-state index in [0.717, 1.165) is 0 Å². The summed E-state index contributed by atoms with van der Waals surface area (Å²) < 4.78 is 17.9. The summed E-state index contributed by atoms with van der Waals surface area (Å²) in [5.41, 5.74) is 6.92. The van der Waals surface area contributed by atoms with Crippen LogP contribution < -0.4 is 5.73 Å². The van der Waals surface area contributed by atoms with E-state index >= 15 is 0 Å². The van der Waals surface area contributed by atoms with E-state index in [9.17, 15) is 4.39 Å². The molecule has 24 heavy (non-hydrogen) atoms. The van der Waals surface area contributed by atoms with Crippen molar-refractivity contribution in [2.24, 2.45) is 10.7 Å². The number of nitrogens with zero attached hydrogens (tertiary/aromatic N) is 7. The molecule has 0 aliphatic carbocycles. The van der Waals surface area contributed by atoms with Gasteiger partial charge in [-0.15, -0.1) is 10.2 Å². The zero-order valence-corrected chi connectivity index (χ0v) is 13.8. The highest BCUT2D eigenvalue weighted by Gasteiger charge is 2.16. The summed E-state index contributed by atoms with van der Waals surface area (Å²) in [5, 5.41) is 19.8. The zero-order chi connectivity index (χ0) is 17.1. The number of aliphatic imine (C=N–C) groups is 1. The van der Waals surface area contributed by atoms with Crippen LogP contribution in [0.2, 0.25) is 5.02 Å². The fourth-order valence-corrected chi connectivity index (χ4v) is 2.23. The highest BCUT2D eigenvalue weighted by Crippen LogP contribution is 2.22. The van der Waals surface area contributed by atoms with Gasteiger partial charge in [-0.25, -0.2) is 14.0 Å². The molecular formula is C12H10ClFN8OS. The predicted molar refractivity (Wildman–Crippen MR) is 84.8 cm³/mol. The Morgan fingerprint density at radius 2 is 2.29 bits per heavy atom. The Hall–Kier alpha value is -2.53. The Morgan fingerprint density at radius 1 is 1.46 bits per heavy atom. The van der Waals surface area contributed by atoms with E-state index in [1.165, 1.54) is 34.8 Å². The van der Waals surface area contributed by atoms with Gasteiger partial charge in [0.05, 0.1) is 10.7 Å². The van der Waals surface area contributed by atoms with Crippen LogP contribution in [0.3, 0.4) is 0 Å². The van der Waals surface area contributed by atoms with Crippen molar-refractivity contribution in [2.75, 3.05) is 6.26 Å². The van der Waals surface area contributed by atoms with E-state index < -0.39 is 5.82 Å². The van der Waals surface area contributed by atoms with Gasteiger partial charge >= 0.3 is 0 Å². The summed E-state index contributed by atoms with van der Waals surface area (Å²) in [4.78, 5) is 5.47. The number of hydrogen-bond acceptors (Lipinski definition) is 8. The lowest BCUT2D eigenvalue weighted by molar-refractivity contribution is 0.300. The van der Waals surface area contributed by atoms with Gasteiger partial charge in [-0.05, 0) is 34.8 Å². The second-order valence-corrected chi connectivity index (χ2v) is 5.64. The minimum atomic E-state index is -0.542. The molecule has 0 radical (unpaired) electrons. The minimum Gasteiger partial charge on any atom is -0.382 e. The lowest BCUT2D eigenvalue weighted by atomic mass is 10.3. The molecule has 0 aliphatic rings. The smallest absolute Gasteiger partial charge is 0.230 e. The average Bonchev–Trinajstić information content (AvgIpc) is 3.20. The fourth-order valence-electron chi connectivity index (χ4n) is 1.76. The lowest BCUT2D eigenvalue weighted by Crippen LogP contribution is -2.17. The van der Waals surface area contributed by atoms with Crippen molar-refractivity contribution in [1.29, 1.82) is 0 Å². The molecule has 3 aromatic rings. The van der Waals surface area contributed by atoms with Crippen molar-refractivity contribution < 1.29 is 9.02 Å². The van der Waals surface area contributed by atoms with Crippen LogP contribution in [-0.4, -0.2) is 42.6 Å². The highest BCUT2D eigenvalue weighted by molar-refractivity contribution is 7.98. The van der Waals surface area contributed by atoms with Crippen molar-refractivity contribution in [3.05, 3.63) is 40.4 Å². The third kappa shape index (κ3) is 3.51. The Balaban J connectivity index is 1.85. The maximum atomic E-state index is 13.2. The highest BCUT2D eigenvalue weighted by atomic mass is 35.5. The van der Waals surface area contributed by atoms with Crippen LogP contribution in [0.4, 0.5) is 10.1 Å². The van der Waals surface area contributed by atoms with Crippen molar-refractivity contribution in [3.8, 4) is 0 Å². The third-order valence-corrected chi connectivity index (χ3v) is 3.68. The van der Waals surface area contributed by atoms with Crippen LogP contribution in [0.1, 0.15) is 11.4 Å².